The Bertz CT molecular complexity index is 797. The highest BCUT2D eigenvalue weighted by Gasteiger charge is 2.42. The summed E-state index contributed by atoms with van der Waals surface area (Å²) in [4.78, 5) is 14.4. The highest BCUT2D eigenvalue weighted by molar-refractivity contribution is 6.09. The van der Waals surface area contributed by atoms with Crippen LogP contribution in [-0.4, -0.2) is 11.5 Å². The predicted octanol–water partition coefficient (Wildman–Crippen LogP) is 3.89. The first-order chi connectivity index (χ1) is 10.8. The molecule has 2 aromatic rings. The SMILES string of the molecule is C=Cc1cc(N)cc2c1N(c1ccc(F)cc1)C(=O)C(C)(C)O2. The maximum absolute atomic E-state index is 13.2. The van der Waals surface area contributed by atoms with E-state index in [1.165, 1.54) is 17.0 Å². The maximum Gasteiger partial charge on any atom is 0.275 e. The van der Waals surface area contributed by atoms with E-state index in [1.807, 2.05) is 0 Å². The quantitative estimate of drug-likeness (QED) is 0.856. The number of amides is 1. The molecule has 0 aromatic heterocycles. The lowest BCUT2D eigenvalue weighted by molar-refractivity contribution is -0.131. The molecule has 4 nitrogen and oxygen atoms in total. The Morgan fingerprint density at radius 3 is 2.52 bits per heavy atom. The Hall–Kier alpha value is -2.82. The minimum atomic E-state index is -1.06. The number of nitrogens with zero attached hydrogens (tertiary/aromatic N) is 1. The molecule has 1 aliphatic rings. The van der Waals surface area contributed by atoms with E-state index in [0.29, 0.717) is 28.4 Å². The van der Waals surface area contributed by atoms with Crippen LogP contribution in [0.2, 0.25) is 0 Å². The first-order valence-corrected chi connectivity index (χ1v) is 7.18. The molecule has 1 aliphatic heterocycles. The molecule has 0 saturated heterocycles. The van der Waals surface area contributed by atoms with Crippen LogP contribution in [-0.2, 0) is 4.79 Å². The fourth-order valence-electron chi connectivity index (χ4n) is 2.65. The monoisotopic (exact) mass is 312 g/mol. The van der Waals surface area contributed by atoms with Crippen molar-refractivity contribution in [2.45, 2.75) is 19.4 Å². The molecule has 0 spiro atoms. The molecule has 2 N–H and O–H groups in total. The highest BCUT2D eigenvalue weighted by Crippen LogP contribution is 2.45. The molecule has 23 heavy (non-hydrogen) atoms. The molecular formula is C18H17FN2O2. The molecule has 0 fully saturated rings. The largest absolute Gasteiger partial charge is 0.476 e. The Morgan fingerprint density at radius 1 is 1.26 bits per heavy atom. The van der Waals surface area contributed by atoms with E-state index in [2.05, 4.69) is 6.58 Å². The number of hydrogen-bond acceptors (Lipinski definition) is 3. The van der Waals surface area contributed by atoms with E-state index >= 15 is 0 Å². The summed E-state index contributed by atoms with van der Waals surface area (Å²) < 4.78 is 19.1. The van der Waals surface area contributed by atoms with E-state index in [9.17, 15) is 9.18 Å². The van der Waals surface area contributed by atoms with Gasteiger partial charge in [0.05, 0.1) is 5.69 Å². The second kappa shape index (κ2) is 5.12. The van der Waals surface area contributed by atoms with Gasteiger partial charge in [-0.25, -0.2) is 4.39 Å². The van der Waals surface area contributed by atoms with Crippen LogP contribution >= 0.6 is 0 Å². The van der Waals surface area contributed by atoms with Gasteiger partial charge in [0, 0.05) is 23.0 Å². The lowest BCUT2D eigenvalue weighted by Gasteiger charge is -2.39. The zero-order valence-corrected chi connectivity index (χ0v) is 13.0. The number of hydrogen-bond donors (Lipinski definition) is 1. The number of benzene rings is 2. The zero-order chi connectivity index (χ0) is 16.8. The van der Waals surface area contributed by atoms with Gasteiger partial charge in [-0.05, 0) is 44.2 Å². The second-order valence-corrected chi connectivity index (χ2v) is 5.89. The standard InChI is InChI=1S/C18H17FN2O2/c1-4-11-9-13(20)10-15-16(11)21(17(22)18(2,3)23-15)14-7-5-12(19)6-8-14/h4-10H,1,20H2,2-3H3. The number of halogens is 1. The van der Waals surface area contributed by atoms with E-state index in [-0.39, 0.29) is 11.7 Å². The minimum absolute atomic E-state index is 0.246. The number of carbonyl (C=O) groups is 1. The molecule has 5 heteroatoms. The first kappa shape index (κ1) is 15.1. The van der Waals surface area contributed by atoms with E-state index in [4.69, 9.17) is 10.5 Å². The van der Waals surface area contributed by atoms with Crippen molar-refractivity contribution in [1.82, 2.24) is 0 Å². The number of fused-ring (bicyclic) bond motifs is 1. The molecule has 0 saturated carbocycles. The topological polar surface area (TPSA) is 55.6 Å². The van der Waals surface area contributed by atoms with Crippen molar-refractivity contribution in [3.05, 3.63) is 54.4 Å². The molecule has 1 heterocycles. The fourth-order valence-corrected chi connectivity index (χ4v) is 2.65. The van der Waals surface area contributed by atoms with Crippen LogP contribution < -0.4 is 15.4 Å². The number of rotatable bonds is 2. The van der Waals surface area contributed by atoms with Crippen LogP contribution in [0.3, 0.4) is 0 Å². The number of nitrogens with two attached hydrogens (primary N) is 1. The van der Waals surface area contributed by atoms with Gasteiger partial charge in [0.25, 0.3) is 5.91 Å². The minimum Gasteiger partial charge on any atom is -0.476 e. The van der Waals surface area contributed by atoms with Gasteiger partial charge in [0.2, 0.25) is 0 Å². The normalized spacial score (nSPS) is 15.8. The maximum atomic E-state index is 13.2. The Morgan fingerprint density at radius 2 is 1.91 bits per heavy atom. The van der Waals surface area contributed by atoms with E-state index in [1.54, 1.807) is 44.2 Å². The molecule has 0 radical (unpaired) electrons. The molecular weight excluding hydrogens is 295 g/mol. The number of nitrogen functional groups attached to an aromatic ring is 1. The molecule has 118 valence electrons. The summed E-state index contributed by atoms with van der Waals surface area (Å²) in [5, 5.41) is 0. The van der Waals surface area contributed by atoms with Crippen molar-refractivity contribution in [3.63, 3.8) is 0 Å². The summed E-state index contributed by atoms with van der Waals surface area (Å²) in [5.74, 6) is -0.117. The average molecular weight is 312 g/mol. The van der Waals surface area contributed by atoms with Crippen molar-refractivity contribution in [3.8, 4) is 5.75 Å². The Balaban J connectivity index is 2.28. The van der Waals surface area contributed by atoms with Gasteiger partial charge >= 0.3 is 0 Å². The van der Waals surface area contributed by atoms with Gasteiger partial charge < -0.3 is 10.5 Å². The second-order valence-electron chi connectivity index (χ2n) is 5.89. The third kappa shape index (κ3) is 2.44. The molecule has 0 aliphatic carbocycles. The van der Waals surface area contributed by atoms with Crippen LogP contribution in [0.5, 0.6) is 5.75 Å². The van der Waals surface area contributed by atoms with Gasteiger partial charge in [0.15, 0.2) is 5.60 Å². The Labute approximate surface area is 134 Å². The summed E-state index contributed by atoms with van der Waals surface area (Å²) >= 11 is 0. The van der Waals surface area contributed by atoms with Gasteiger partial charge in [0.1, 0.15) is 11.6 Å². The average Bonchev–Trinajstić information content (AvgIpc) is 2.49. The number of carbonyl (C=O) groups excluding carboxylic acids is 1. The van der Waals surface area contributed by atoms with Crippen LogP contribution in [0.4, 0.5) is 21.5 Å². The third-order valence-corrected chi connectivity index (χ3v) is 3.74. The molecule has 0 unspecified atom stereocenters. The van der Waals surface area contributed by atoms with Crippen LogP contribution in [0, 0.1) is 5.82 Å². The smallest absolute Gasteiger partial charge is 0.275 e. The van der Waals surface area contributed by atoms with Gasteiger partial charge in [-0.15, -0.1) is 0 Å². The van der Waals surface area contributed by atoms with Crippen molar-refractivity contribution in [2.75, 3.05) is 10.6 Å². The summed E-state index contributed by atoms with van der Waals surface area (Å²) in [6.45, 7) is 7.15. The van der Waals surface area contributed by atoms with Crippen molar-refractivity contribution in [1.29, 1.82) is 0 Å². The summed E-state index contributed by atoms with van der Waals surface area (Å²) in [5.41, 5.74) is 7.15. The highest BCUT2D eigenvalue weighted by atomic mass is 19.1. The van der Waals surface area contributed by atoms with E-state index in [0.717, 1.165) is 0 Å². The van der Waals surface area contributed by atoms with E-state index < -0.39 is 5.60 Å². The summed E-state index contributed by atoms with van der Waals surface area (Å²) in [6, 6.07) is 9.14. The van der Waals surface area contributed by atoms with Crippen LogP contribution in [0.15, 0.2) is 43.0 Å². The Kier molecular flexibility index (Phi) is 3.36. The zero-order valence-electron chi connectivity index (χ0n) is 13.0. The predicted molar refractivity (Wildman–Crippen MR) is 89.2 cm³/mol. The van der Waals surface area contributed by atoms with Crippen LogP contribution in [0.25, 0.3) is 6.08 Å². The molecule has 3 rings (SSSR count). The first-order valence-electron chi connectivity index (χ1n) is 7.18. The fraction of sp³-hybridized carbons (Fsp3) is 0.167. The molecule has 2 aromatic carbocycles. The van der Waals surface area contributed by atoms with Crippen molar-refractivity contribution in [2.24, 2.45) is 0 Å². The lowest BCUT2D eigenvalue weighted by Crippen LogP contribution is -2.50. The van der Waals surface area contributed by atoms with Crippen LogP contribution in [0.1, 0.15) is 19.4 Å². The summed E-state index contributed by atoms with van der Waals surface area (Å²) in [6.07, 6.45) is 1.61. The van der Waals surface area contributed by atoms with Gasteiger partial charge in [-0.1, -0.05) is 12.7 Å². The molecule has 1 amide bonds. The van der Waals surface area contributed by atoms with Crippen molar-refractivity contribution < 1.29 is 13.9 Å². The van der Waals surface area contributed by atoms with Gasteiger partial charge in [-0.2, -0.15) is 0 Å². The van der Waals surface area contributed by atoms with Crippen molar-refractivity contribution >= 4 is 29.0 Å². The molecule has 0 bridgehead atoms. The lowest BCUT2D eigenvalue weighted by atomic mass is 10.00. The number of ether oxygens (including phenoxy) is 1. The third-order valence-electron chi connectivity index (χ3n) is 3.74. The summed E-state index contributed by atoms with van der Waals surface area (Å²) in [7, 11) is 0. The number of anilines is 3. The van der Waals surface area contributed by atoms with Gasteiger partial charge in [-0.3, -0.25) is 9.69 Å². The molecule has 0 atom stereocenters.